The first-order valence-corrected chi connectivity index (χ1v) is 8.13. The van der Waals surface area contributed by atoms with E-state index in [-0.39, 0.29) is 36.2 Å². The molecule has 2 aliphatic rings. The highest BCUT2D eigenvalue weighted by molar-refractivity contribution is 5.85. The molecule has 2 N–H and O–H groups in total. The predicted octanol–water partition coefficient (Wildman–Crippen LogP) is -0.687. The smallest absolute Gasteiger partial charge is 0.237 e. The maximum atomic E-state index is 12.2. The van der Waals surface area contributed by atoms with Crippen molar-refractivity contribution in [2.45, 2.75) is 19.4 Å². The monoisotopic (exact) mass is 348 g/mol. The number of carbonyl (C=O) groups excluding carboxylic acids is 2. The molecule has 7 nitrogen and oxygen atoms in total. The lowest BCUT2D eigenvalue weighted by Crippen LogP contribution is -2.58. The van der Waals surface area contributed by atoms with Crippen molar-refractivity contribution >= 4 is 24.2 Å². The number of halogens is 1. The van der Waals surface area contributed by atoms with E-state index in [4.69, 9.17) is 4.74 Å². The van der Waals surface area contributed by atoms with Gasteiger partial charge in [-0.1, -0.05) is 0 Å². The molecule has 2 rings (SSSR count). The number of hydrogen-bond donors (Lipinski definition) is 2. The summed E-state index contributed by atoms with van der Waals surface area (Å²) in [5.74, 6) is 0.474. The van der Waals surface area contributed by atoms with Crippen molar-refractivity contribution in [3.63, 3.8) is 0 Å². The van der Waals surface area contributed by atoms with E-state index < -0.39 is 0 Å². The van der Waals surface area contributed by atoms with Crippen LogP contribution >= 0.6 is 12.4 Å². The van der Waals surface area contributed by atoms with Crippen LogP contribution in [0.3, 0.4) is 0 Å². The van der Waals surface area contributed by atoms with Crippen LogP contribution in [0.15, 0.2) is 0 Å². The van der Waals surface area contributed by atoms with Gasteiger partial charge >= 0.3 is 0 Å². The van der Waals surface area contributed by atoms with Gasteiger partial charge in [0.15, 0.2) is 0 Å². The van der Waals surface area contributed by atoms with Gasteiger partial charge in [0, 0.05) is 59.5 Å². The second-order valence-corrected chi connectivity index (χ2v) is 6.03. The van der Waals surface area contributed by atoms with Crippen LogP contribution in [0.2, 0.25) is 0 Å². The van der Waals surface area contributed by atoms with Crippen LogP contribution in [-0.2, 0) is 14.3 Å². The molecule has 8 heteroatoms. The molecule has 0 aromatic rings. The maximum Gasteiger partial charge on any atom is 0.237 e. The fraction of sp³-hybridized carbons (Fsp3) is 0.867. The van der Waals surface area contributed by atoms with E-state index in [0.29, 0.717) is 13.2 Å². The molecule has 0 aromatic carbocycles. The van der Waals surface area contributed by atoms with Crippen LogP contribution in [0.25, 0.3) is 0 Å². The molecule has 23 heavy (non-hydrogen) atoms. The molecule has 2 aliphatic heterocycles. The first kappa shape index (κ1) is 20.2. The largest absolute Gasteiger partial charge is 0.385 e. The van der Waals surface area contributed by atoms with Crippen molar-refractivity contribution in [3.05, 3.63) is 0 Å². The molecule has 0 spiro atoms. The molecule has 134 valence electrons. The van der Waals surface area contributed by atoms with Crippen molar-refractivity contribution in [3.8, 4) is 0 Å². The van der Waals surface area contributed by atoms with E-state index in [1.165, 1.54) is 0 Å². The number of carbonyl (C=O) groups is 2. The van der Waals surface area contributed by atoms with Gasteiger partial charge in [0.25, 0.3) is 0 Å². The molecular formula is C15H29ClN4O3. The average molecular weight is 349 g/mol. The Morgan fingerprint density at radius 1 is 1.26 bits per heavy atom. The molecule has 2 fully saturated rings. The molecule has 0 aliphatic carbocycles. The summed E-state index contributed by atoms with van der Waals surface area (Å²) in [6, 6.07) is -0.148. The highest BCUT2D eigenvalue weighted by atomic mass is 35.5. The van der Waals surface area contributed by atoms with Gasteiger partial charge < -0.3 is 20.3 Å². The van der Waals surface area contributed by atoms with Crippen molar-refractivity contribution in [2.24, 2.45) is 5.92 Å². The van der Waals surface area contributed by atoms with Gasteiger partial charge in [0.05, 0.1) is 12.0 Å². The number of rotatable bonds is 7. The Balaban J connectivity index is 0.00000264. The number of nitrogens with zero attached hydrogens (tertiary/aromatic N) is 2. The summed E-state index contributed by atoms with van der Waals surface area (Å²) in [4.78, 5) is 28.4. The third-order valence-electron chi connectivity index (χ3n) is 4.51. The number of nitrogens with one attached hydrogen (secondary N) is 2. The van der Waals surface area contributed by atoms with Crippen LogP contribution in [0.5, 0.6) is 0 Å². The molecule has 0 saturated carbocycles. The summed E-state index contributed by atoms with van der Waals surface area (Å²) in [5.41, 5.74) is 0. The molecule has 2 amide bonds. The summed E-state index contributed by atoms with van der Waals surface area (Å²) in [5, 5.41) is 6.07. The van der Waals surface area contributed by atoms with Crippen LogP contribution in [0, 0.1) is 5.92 Å². The minimum Gasteiger partial charge on any atom is -0.385 e. The van der Waals surface area contributed by atoms with Crippen molar-refractivity contribution in [1.82, 2.24) is 20.4 Å². The molecule has 0 radical (unpaired) electrons. The van der Waals surface area contributed by atoms with Gasteiger partial charge in [-0.25, -0.2) is 0 Å². The summed E-state index contributed by atoms with van der Waals surface area (Å²) < 4.78 is 4.96. The Morgan fingerprint density at radius 2 is 1.91 bits per heavy atom. The number of ether oxygens (including phenoxy) is 1. The maximum absolute atomic E-state index is 12.2. The minimum atomic E-state index is -0.148. The van der Waals surface area contributed by atoms with E-state index in [1.54, 1.807) is 7.11 Å². The van der Waals surface area contributed by atoms with Crippen LogP contribution in [0.1, 0.15) is 13.3 Å². The van der Waals surface area contributed by atoms with Crippen LogP contribution < -0.4 is 10.6 Å². The Morgan fingerprint density at radius 3 is 2.43 bits per heavy atom. The lowest BCUT2D eigenvalue weighted by atomic mass is 10.0. The lowest BCUT2D eigenvalue weighted by Gasteiger charge is -2.40. The zero-order valence-corrected chi connectivity index (χ0v) is 14.9. The van der Waals surface area contributed by atoms with Gasteiger partial charge in [0.2, 0.25) is 11.8 Å². The van der Waals surface area contributed by atoms with Crippen LogP contribution in [0.4, 0.5) is 0 Å². The lowest BCUT2D eigenvalue weighted by molar-refractivity contribution is -0.139. The fourth-order valence-electron chi connectivity index (χ4n) is 2.79. The number of amides is 2. The zero-order valence-electron chi connectivity index (χ0n) is 14.0. The highest BCUT2D eigenvalue weighted by Crippen LogP contribution is 2.12. The first-order valence-electron chi connectivity index (χ1n) is 8.13. The Labute approximate surface area is 144 Å². The van der Waals surface area contributed by atoms with Crippen LogP contribution in [-0.4, -0.2) is 87.2 Å². The molecule has 0 aromatic heterocycles. The van der Waals surface area contributed by atoms with E-state index in [1.807, 2.05) is 11.8 Å². The second kappa shape index (κ2) is 10.1. The number of methoxy groups -OCH3 is 1. The zero-order chi connectivity index (χ0) is 15.9. The third kappa shape index (κ3) is 5.60. The summed E-state index contributed by atoms with van der Waals surface area (Å²) in [7, 11) is 1.66. The molecule has 1 atom stereocenters. The minimum absolute atomic E-state index is 0. The molecule has 0 bridgehead atoms. The van der Waals surface area contributed by atoms with Gasteiger partial charge in [0.1, 0.15) is 0 Å². The SMILES string of the molecule is COCCCNC(=O)C(C)N1CCN(C(=O)C2CNC2)CC1.Cl. The standard InChI is InChI=1S/C15H28N4O3.ClH/c1-12(14(20)17-4-3-9-22-2)18-5-7-19(8-6-18)15(21)13-10-16-11-13;/h12-13,16H,3-11H2,1-2H3,(H,17,20);1H. The molecule has 2 heterocycles. The van der Waals surface area contributed by atoms with Gasteiger partial charge in [-0.05, 0) is 13.3 Å². The quantitative estimate of drug-likeness (QED) is 0.596. The number of hydrogen-bond acceptors (Lipinski definition) is 5. The average Bonchev–Trinajstić information content (AvgIpc) is 2.49. The molecule has 2 saturated heterocycles. The topological polar surface area (TPSA) is 73.9 Å². The van der Waals surface area contributed by atoms with E-state index in [0.717, 1.165) is 45.7 Å². The highest BCUT2D eigenvalue weighted by Gasteiger charge is 2.32. The van der Waals surface area contributed by atoms with Crippen molar-refractivity contribution < 1.29 is 14.3 Å². The van der Waals surface area contributed by atoms with Crippen molar-refractivity contribution in [1.29, 1.82) is 0 Å². The van der Waals surface area contributed by atoms with E-state index in [9.17, 15) is 9.59 Å². The predicted molar refractivity (Wildman–Crippen MR) is 90.7 cm³/mol. The molecule has 1 unspecified atom stereocenters. The first-order chi connectivity index (χ1) is 10.6. The third-order valence-corrected chi connectivity index (χ3v) is 4.51. The number of piperazine rings is 1. The van der Waals surface area contributed by atoms with E-state index >= 15 is 0 Å². The summed E-state index contributed by atoms with van der Waals surface area (Å²) in [6.07, 6.45) is 0.826. The van der Waals surface area contributed by atoms with E-state index in [2.05, 4.69) is 15.5 Å². The normalized spacial score (nSPS) is 20.3. The summed E-state index contributed by atoms with van der Waals surface area (Å²) in [6.45, 7) is 7.80. The van der Waals surface area contributed by atoms with Gasteiger partial charge in [-0.15, -0.1) is 12.4 Å². The Bertz CT molecular complexity index is 385. The van der Waals surface area contributed by atoms with Gasteiger partial charge in [-0.2, -0.15) is 0 Å². The summed E-state index contributed by atoms with van der Waals surface area (Å²) >= 11 is 0. The van der Waals surface area contributed by atoms with Gasteiger partial charge in [-0.3, -0.25) is 14.5 Å². The fourth-order valence-corrected chi connectivity index (χ4v) is 2.79. The Kier molecular flexibility index (Phi) is 8.83. The second-order valence-electron chi connectivity index (χ2n) is 6.03. The van der Waals surface area contributed by atoms with Crippen molar-refractivity contribution in [2.75, 3.05) is 59.5 Å². The Hall–Kier alpha value is -0.890. The molecular weight excluding hydrogens is 320 g/mol.